The van der Waals surface area contributed by atoms with Crippen molar-refractivity contribution in [2.24, 2.45) is 0 Å². The van der Waals surface area contributed by atoms with Gasteiger partial charge in [0.25, 0.3) is 0 Å². The second-order valence-corrected chi connectivity index (χ2v) is 5.06. The maximum absolute atomic E-state index is 11.4. The van der Waals surface area contributed by atoms with E-state index in [1.807, 2.05) is 6.07 Å². The number of hydrogen-bond acceptors (Lipinski definition) is 5. The summed E-state index contributed by atoms with van der Waals surface area (Å²) >= 11 is 0. The van der Waals surface area contributed by atoms with Crippen LogP contribution in [0.5, 0.6) is 0 Å². The van der Waals surface area contributed by atoms with Crippen LogP contribution in [0.1, 0.15) is 24.5 Å². The Bertz CT molecular complexity index is 666. The van der Waals surface area contributed by atoms with E-state index in [0.29, 0.717) is 16.6 Å². The molecule has 0 unspecified atom stereocenters. The second kappa shape index (κ2) is 5.05. The topological polar surface area (TPSA) is 94.1 Å². The molecule has 0 aliphatic carbocycles. The van der Waals surface area contributed by atoms with Gasteiger partial charge in [-0.15, -0.1) is 0 Å². The summed E-state index contributed by atoms with van der Waals surface area (Å²) in [5, 5.41) is 15.1. The van der Waals surface area contributed by atoms with Crippen molar-refractivity contribution >= 4 is 22.3 Å². The Morgan fingerprint density at radius 2 is 2.00 bits per heavy atom. The number of nitrogen functional groups attached to an aromatic ring is 1. The van der Waals surface area contributed by atoms with Crippen LogP contribution in [-0.4, -0.2) is 23.0 Å². The standard InChI is InChI=1S/C14H16N4O2/c15-12-13(9-5-7-16-8-6-9)17-11-4-2-1-3-10(11)14(12)18(19)20/h1-4,9,16H,5-8,15H2. The first-order chi connectivity index (χ1) is 9.68. The summed E-state index contributed by atoms with van der Waals surface area (Å²) in [6, 6.07) is 7.09. The molecule has 1 aromatic carbocycles. The molecule has 20 heavy (non-hydrogen) atoms. The minimum absolute atomic E-state index is 0.0101. The van der Waals surface area contributed by atoms with Crippen molar-refractivity contribution in [1.82, 2.24) is 10.3 Å². The molecule has 1 aliphatic rings. The third kappa shape index (κ3) is 2.08. The number of nitro groups is 1. The lowest BCUT2D eigenvalue weighted by Gasteiger charge is -2.23. The molecular formula is C14H16N4O2. The quantitative estimate of drug-likeness (QED) is 0.645. The first-order valence-electron chi connectivity index (χ1n) is 6.71. The first kappa shape index (κ1) is 12.8. The fourth-order valence-corrected chi connectivity index (χ4v) is 2.83. The smallest absolute Gasteiger partial charge is 0.303 e. The predicted octanol–water partition coefficient (Wildman–Crippen LogP) is 2.19. The molecule has 6 nitrogen and oxygen atoms in total. The van der Waals surface area contributed by atoms with Crippen LogP contribution in [0.3, 0.4) is 0 Å². The van der Waals surface area contributed by atoms with Crippen LogP contribution < -0.4 is 11.1 Å². The third-order valence-electron chi connectivity index (χ3n) is 3.84. The van der Waals surface area contributed by atoms with Crippen molar-refractivity contribution in [3.05, 3.63) is 40.1 Å². The van der Waals surface area contributed by atoms with Gasteiger partial charge < -0.3 is 11.1 Å². The van der Waals surface area contributed by atoms with Gasteiger partial charge in [-0.1, -0.05) is 12.1 Å². The Kier molecular flexibility index (Phi) is 3.23. The van der Waals surface area contributed by atoms with Crippen LogP contribution in [0.2, 0.25) is 0 Å². The van der Waals surface area contributed by atoms with E-state index < -0.39 is 4.92 Å². The van der Waals surface area contributed by atoms with Gasteiger partial charge in [0, 0.05) is 5.92 Å². The maximum Gasteiger partial charge on any atom is 0.303 e. The fourth-order valence-electron chi connectivity index (χ4n) is 2.83. The molecular weight excluding hydrogens is 256 g/mol. The van der Waals surface area contributed by atoms with Gasteiger partial charge in [0.15, 0.2) is 0 Å². The molecule has 0 radical (unpaired) electrons. The van der Waals surface area contributed by atoms with E-state index in [2.05, 4.69) is 10.3 Å². The molecule has 0 spiro atoms. The summed E-state index contributed by atoms with van der Waals surface area (Å²) in [7, 11) is 0. The number of piperidine rings is 1. The van der Waals surface area contributed by atoms with Crippen LogP contribution in [0.4, 0.5) is 11.4 Å². The maximum atomic E-state index is 11.4. The van der Waals surface area contributed by atoms with Crippen LogP contribution in [-0.2, 0) is 0 Å². The molecule has 0 bridgehead atoms. The number of aromatic nitrogens is 1. The lowest BCUT2D eigenvalue weighted by Crippen LogP contribution is -2.27. The molecule has 2 aromatic rings. The fraction of sp³-hybridized carbons (Fsp3) is 0.357. The molecule has 3 N–H and O–H groups in total. The number of nitrogens with zero attached hydrogens (tertiary/aromatic N) is 2. The number of fused-ring (bicyclic) bond motifs is 1. The number of hydrogen-bond donors (Lipinski definition) is 2. The molecule has 1 saturated heterocycles. The SMILES string of the molecule is Nc1c(C2CCNCC2)nc2ccccc2c1[N+](=O)[O-]. The van der Waals surface area contributed by atoms with Crippen LogP contribution in [0.25, 0.3) is 10.9 Å². The molecule has 0 atom stereocenters. The highest BCUT2D eigenvalue weighted by atomic mass is 16.6. The van der Waals surface area contributed by atoms with Crippen molar-refractivity contribution < 1.29 is 4.92 Å². The largest absolute Gasteiger partial charge is 0.392 e. The van der Waals surface area contributed by atoms with Gasteiger partial charge >= 0.3 is 5.69 Å². The van der Waals surface area contributed by atoms with Crippen molar-refractivity contribution in [3.8, 4) is 0 Å². The van der Waals surface area contributed by atoms with Crippen molar-refractivity contribution in [1.29, 1.82) is 0 Å². The molecule has 1 aromatic heterocycles. The predicted molar refractivity (Wildman–Crippen MR) is 77.7 cm³/mol. The molecule has 1 aliphatic heterocycles. The molecule has 6 heteroatoms. The summed E-state index contributed by atoms with van der Waals surface area (Å²) in [6.45, 7) is 1.79. The Morgan fingerprint density at radius 1 is 1.30 bits per heavy atom. The normalized spacial score (nSPS) is 16.4. The van der Waals surface area contributed by atoms with Crippen molar-refractivity contribution in [2.45, 2.75) is 18.8 Å². The van der Waals surface area contributed by atoms with E-state index in [9.17, 15) is 10.1 Å². The molecule has 0 saturated carbocycles. The average Bonchev–Trinajstić information content (AvgIpc) is 2.47. The van der Waals surface area contributed by atoms with E-state index >= 15 is 0 Å². The van der Waals surface area contributed by atoms with Gasteiger partial charge in [0.1, 0.15) is 5.69 Å². The van der Waals surface area contributed by atoms with Crippen molar-refractivity contribution in [3.63, 3.8) is 0 Å². The molecule has 104 valence electrons. The van der Waals surface area contributed by atoms with Crippen LogP contribution >= 0.6 is 0 Å². The summed E-state index contributed by atoms with van der Waals surface area (Å²) in [5.74, 6) is 0.194. The highest BCUT2D eigenvalue weighted by Crippen LogP contribution is 2.38. The number of rotatable bonds is 2. The van der Waals surface area contributed by atoms with E-state index in [1.54, 1.807) is 18.2 Å². The lowest BCUT2D eigenvalue weighted by atomic mass is 9.92. The molecule has 0 amide bonds. The van der Waals surface area contributed by atoms with Gasteiger partial charge in [-0.25, -0.2) is 4.98 Å². The summed E-state index contributed by atoms with van der Waals surface area (Å²) in [6.07, 6.45) is 1.82. The Labute approximate surface area is 116 Å². The van der Waals surface area contributed by atoms with E-state index in [-0.39, 0.29) is 17.3 Å². The zero-order valence-corrected chi connectivity index (χ0v) is 11.0. The number of nitrogens with one attached hydrogen (secondary N) is 1. The van der Waals surface area contributed by atoms with Gasteiger partial charge in [0.2, 0.25) is 0 Å². The Morgan fingerprint density at radius 3 is 2.70 bits per heavy atom. The summed E-state index contributed by atoms with van der Waals surface area (Å²) in [4.78, 5) is 15.5. The number of anilines is 1. The minimum atomic E-state index is -0.399. The average molecular weight is 272 g/mol. The van der Waals surface area contributed by atoms with Gasteiger partial charge in [-0.05, 0) is 38.1 Å². The Hall–Kier alpha value is -2.21. The van der Waals surface area contributed by atoms with E-state index in [4.69, 9.17) is 5.73 Å². The highest BCUT2D eigenvalue weighted by molar-refractivity contribution is 5.94. The molecule has 1 fully saturated rings. The molecule has 2 heterocycles. The Balaban J connectivity index is 2.22. The van der Waals surface area contributed by atoms with Gasteiger partial charge in [-0.3, -0.25) is 10.1 Å². The number of nitrogens with two attached hydrogens (primary N) is 1. The third-order valence-corrected chi connectivity index (χ3v) is 3.84. The van der Waals surface area contributed by atoms with Crippen molar-refractivity contribution in [2.75, 3.05) is 18.8 Å². The zero-order valence-electron chi connectivity index (χ0n) is 11.0. The first-order valence-corrected chi connectivity index (χ1v) is 6.71. The molecule has 3 rings (SSSR count). The number of benzene rings is 1. The van der Waals surface area contributed by atoms with Gasteiger partial charge in [0.05, 0.1) is 21.5 Å². The van der Waals surface area contributed by atoms with Crippen LogP contribution in [0, 0.1) is 10.1 Å². The van der Waals surface area contributed by atoms with Gasteiger partial charge in [-0.2, -0.15) is 0 Å². The van der Waals surface area contributed by atoms with E-state index in [0.717, 1.165) is 25.9 Å². The minimum Gasteiger partial charge on any atom is -0.392 e. The lowest BCUT2D eigenvalue weighted by molar-refractivity contribution is -0.382. The highest BCUT2D eigenvalue weighted by Gasteiger charge is 2.27. The zero-order chi connectivity index (χ0) is 14.1. The number of para-hydroxylation sites is 1. The monoisotopic (exact) mass is 272 g/mol. The summed E-state index contributed by atoms with van der Waals surface area (Å²) < 4.78 is 0. The second-order valence-electron chi connectivity index (χ2n) is 5.06. The van der Waals surface area contributed by atoms with E-state index in [1.165, 1.54) is 0 Å². The summed E-state index contributed by atoms with van der Waals surface area (Å²) in [5.41, 5.74) is 7.59. The number of pyridine rings is 1. The van der Waals surface area contributed by atoms with Crippen LogP contribution in [0.15, 0.2) is 24.3 Å².